The van der Waals surface area contributed by atoms with E-state index in [1.165, 1.54) is 27.5 Å². The third-order valence-electron chi connectivity index (χ3n) is 6.63. The van der Waals surface area contributed by atoms with E-state index in [9.17, 15) is 0 Å². The topological polar surface area (TPSA) is 38.9 Å². The maximum Gasteiger partial charge on any atom is 0.160 e. The minimum absolute atomic E-state index is 0.810. The van der Waals surface area contributed by atoms with Crippen LogP contribution in [0.15, 0.2) is 126 Å². The van der Waals surface area contributed by atoms with Crippen LogP contribution in [0.25, 0.3) is 66.2 Å². The van der Waals surface area contributed by atoms with Gasteiger partial charge in [-0.15, -0.1) is 0 Å². The summed E-state index contributed by atoms with van der Waals surface area (Å²) in [5.41, 5.74) is 8.40. The van der Waals surface area contributed by atoms with E-state index in [1.54, 1.807) is 12.5 Å². The molecule has 0 amide bonds. The molecule has 0 unspecified atom stereocenters. The second kappa shape index (κ2) is 7.93. The SMILES string of the molecule is c1ccc(-c2ccc3cc(-c4ccnc(-c5cc6ccoc6c6ncccc56)c4)ccc3c2)cc1. The van der Waals surface area contributed by atoms with Gasteiger partial charge in [-0.25, -0.2) is 0 Å². The van der Waals surface area contributed by atoms with Crippen LogP contribution in [0.2, 0.25) is 0 Å². The van der Waals surface area contributed by atoms with E-state index in [1.807, 2.05) is 24.4 Å². The molecular weight excluding hydrogens is 428 g/mol. The Morgan fingerprint density at radius 2 is 1.29 bits per heavy atom. The summed E-state index contributed by atoms with van der Waals surface area (Å²) in [5, 5.41) is 4.51. The van der Waals surface area contributed by atoms with E-state index >= 15 is 0 Å². The van der Waals surface area contributed by atoms with Crippen molar-refractivity contribution in [3.05, 3.63) is 122 Å². The molecule has 35 heavy (non-hydrogen) atoms. The van der Waals surface area contributed by atoms with Gasteiger partial charge in [0.15, 0.2) is 5.58 Å². The maximum absolute atomic E-state index is 5.71. The molecule has 0 N–H and O–H groups in total. The summed E-state index contributed by atoms with van der Waals surface area (Å²) in [5.74, 6) is 0. The number of furan rings is 1. The molecule has 0 aliphatic heterocycles. The van der Waals surface area contributed by atoms with Gasteiger partial charge in [0, 0.05) is 28.7 Å². The number of rotatable bonds is 3. The highest BCUT2D eigenvalue weighted by atomic mass is 16.3. The minimum Gasteiger partial charge on any atom is -0.462 e. The summed E-state index contributed by atoms with van der Waals surface area (Å²) in [4.78, 5) is 9.32. The lowest BCUT2D eigenvalue weighted by Crippen LogP contribution is -1.89. The normalized spacial score (nSPS) is 11.4. The first-order chi connectivity index (χ1) is 17.3. The van der Waals surface area contributed by atoms with E-state index in [-0.39, 0.29) is 0 Å². The van der Waals surface area contributed by atoms with Crippen molar-refractivity contribution in [1.82, 2.24) is 9.97 Å². The van der Waals surface area contributed by atoms with Crippen LogP contribution in [0, 0.1) is 0 Å². The highest BCUT2D eigenvalue weighted by Gasteiger charge is 2.13. The van der Waals surface area contributed by atoms with E-state index in [0.29, 0.717) is 0 Å². The molecule has 0 bridgehead atoms. The molecule has 3 heteroatoms. The molecule has 0 spiro atoms. The van der Waals surface area contributed by atoms with Crippen molar-refractivity contribution in [2.75, 3.05) is 0 Å². The summed E-state index contributed by atoms with van der Waals surface area (Å²) < 4.78 is 5.71. The Balaban J connectivity index is 1.33. The lowest BCUT2D eigenvalue weighted by molar-refractivity contribution is 0.618. The Labute approximate surface area is 202 Å². The number of nitrogens with zero attached hydrogens (tertiary/aromatic N) is 2. The monoisotopic (exact) mass is 448 g/mol. The fraction of sp³-hybridized carbons (Fsp3) is 0. The molecule has 0 aliphatic carbocycles. The molecule has 0 atom stereocenters. The molecule has 0 aliphatic rings. The molecule has 0 radical (unpaired) electrons. The van der Waals surface area contributed by atoms with Gasteiger partial charge in [-0.1, -0.05) is 60.7 Å². The van der Waals surface area contributed by atoms with Crippen molar-refractivity contribution in [3.63, 3.8) is 0 Å². The van der Waals surface area contributed by atoms with Gasteiger partial charge >= 0.3 is 0 Å². The minimum atomic E-state index is 0.810. The van der Waals surface area contributed by atoms with Crippen LogP contribution >= 0.6 is 0 Å². The molecule has 3 nitrogen and oxygen atoms in total. The highest BCUT2D eigenvalue weighted by molar-refractivity contribution is 6.09. The van der Waals surface area contributed by atoms with Gasteiger partial charge in [0.25, 0.3) is 0 Å². The fourth-order valence-electron chi connectivity index (χ4n) is 4.87. The van der Waals surface area contributed by atoms with Gasteiger partial charge in [0.05, 0.1) is 12.0 Å². The number of pyridine rings is 2. The van der Waals surface area contributed by atoms with Gasteiger partial charge in [0.2, 0.25) is 0 Å². The zero-order valence-electron chi connectivity index (χ0n) is 18.8. The summed E-state index contributed by atoms with van der Waals surface area (Å²) in [6.07, 6.45) is 5.40. The predicted octanol–water partition coefficient (Wildman–Crippen LogP) is 8.53. The van der Waals surface area contributed by atoms with Crippen molar-refractivity contribution in [1.29, 1.82) is 0 Å². The number of benzene rings is 4. The van der Waals surface area contributed by atoms with E-state index in [4.69, 9.17) is 9.40 Å². The van der Waals surface area contributed by atoms with Gasteiger partial charge in [-0.2, -0.15) is 0 Å². The van der Waals surface area contributed by atoms with Crippen molar-refractivity contribution in [2.24, 2.45) is 0 Å². The Hall–Kier alpha value is -4.76. The summed E-state index contributed by atoms with van der Waals surface area (Å²) in [7, 11) is 0. The lowest BCUT2D eigenvalue weighted by Gasteiger charge is -2.10. The average molecular weight is 449 g/mol. The number of aromatic nitrogens is 2. The molecule has 0 saturated carbocycles. The second-order valence-electron chi connectivity index (χ2n) is 8.74. The van der Waals surface area contributed by atoms with Crippen LogP contribution in [-0.2, 0) is 0 Å². The number of fused-ring (bicyclic) bond motifs is 4. The Morgan fingerprint density at radius 3 is 2.11 bits per heavy atom. The van der Waals surface area contributed by atoms with Crippen LogP contribution in [0.5, 0.6) is 0 Å². The lowest BCUT2D eigenvalue weighted by atomic mass is 9.96. The number of hydrogen-bond donors (Lipinski definition) is 0. The molecular formula is C32H20N2O. The molecule has 3 heterocycles. The van der Waals surface area contributed by atoms with Crippen molar-refractivity contribution < 1.29 is 4.42 Å². The molecule has 0 saturated heterocycles. The maximum atomic E-state index is 5.71. The third kappa shape index (κ3) is 3.37. The van der Waals surface area contributed by atoms with E-state index < -0.39 is 0 Å². The van der Waals surface area contributed by atoms with Crippen LogP contribution < -0.4 is 0 Å². The Bertz CT molecular complexity index is 1850. The van der Waals surface area contributed by atoms with Crippen molar-refractivity contribution in [2.45, 2.75) is 0 Å². The van der Waals surface area contributed by atoms with Gasteiger partial charge in [0.1, 0.15) is 5.52 Å². The summed E-state index contributed by atoms with van der Waals surface area (Å²) >= 11 is 0. The highest BCUT2D eigenvalue weighted by Crippen LogP contribution is 2.35. The van der Waals surface area contributed by atoms with E-state index in [0.717, 1.165) is 38.7 Å². The Morgan fingerprint density at radius 1 is 0.514 bits per heavy atom. The first-order valence-electron chi connectivity index (χ1n) is 11.6. The summed E-state index contributed by atoms with van der Waals surface area (Å²) in [6, 6.07) is 36.2. The zero-order chi connectivity index (χ0) is 23.2. The number of hydrogen-bond acceptors (Lipinski definition) is 3. The molecule has 7 aromatic rings. The van der Waals surface area contributed by atoms with Gasteiger partial charge < -0.3 is 4.42 Å². The molecule has 164 valence electrons. The first kappa shape index (κ1) is 19.7. The van der Waals surface area contributed by atoms with Gasteiger partial charge in [-0.3, -0.25) is 9.97 Å². The molecule has 3 aromatic heterocycles. The molecule has 0 fully saturated rings. The smallest absolute Gasteiger partial charge is 0.160 e. The molecule has 7 rings (SSSR count). The van der Waals surface area contributed by atoms with Crippen LogP contribution in [0.1, 0.15) is 0 Å². The Kier molecular flexibility index (Phi) is 4.46. The largest absolute Gasteiger partial charge is 0.462 e. The van der Waals surface area contributed by atoms with E-state index in [2.05, 4.69) is 89.9 Å². The van der Waals surface area contributed by atoms with Crippen molar-refractivity contribution in [3.8, 4) is 33.5 Å². The van der Waals surface area contributed by atoms with Crippen LogP contribution in [0.4, 0.5) is 0 Å². The quantitative estimate of drug-likeness (QED) is 0.272. The summed E-state index contributed by atoms with van der Waals surface area (Å²) in [6.45, 7) is 0. The zero-order valence-corrected chi connectivity index (χ0v) is 18.8. The second-order valence-corrected chi connectivity index (χ2v) is 8.74. The third-order valence-corrected chi connectivity index (χ3v) is 6.63. The van der Waals surface area contributed by atoms with Crippen molar-refractivity contribution >= 4 is 32.6 Å². The van der Waals surface area contributed by atoms with Crippen LogP contribution in [-0.4, -0.2) is 9.97 Å². The van der Waals surface area contributed by atoms with Gasteiger partial charge in [-0.05, 0) is 75.5 Å². The average Bonchev–Trinajstić information content (AvgIpc) is 3.42. The molecule has 4 aromatic carbocycles. The van der Waals surface area contributed by atoms with Crippen LogP contribution in [0.3, 0.4) is 0 Å². The fourth-order valence-corrected chi connectivity index (χ4v) is 4.87. The standard InChI is InChI=1S/C32H20N2O/c1-2-5-21(6-3-1)22-8-9-24-18-25(11-10-23(24)17-22)26-12-15-33-30(20-26)29-19-27-13-16-35-32(27)31-28(29)7-4-14-34-31/h1-20H. The predicted molar refractivity (Wildman–Crippen MR) is 143 cm³/mol. The first-order valence-corrected chi connectivity index (χ1v) is 11.6.